The van der Waals surface area contributed by atoms with Gasteiger partial charge in [0.2, 0.25) is 0 Å². The Hall–Kier alpha value is -1.59. The lowest BCUT2D eigenvalue weighted by molar-refractivity contribution is 0.0460. The molecule has 0 aromatic heterocycles. The number of halogens is 1. The molecule has 1 aromatic carbocycles. The van der Waals surface area contributed by atoms with Crippen molar-refractivity contribution in [2.24, 2.45) is 5.41 Å². The molecule has 0 radical (unpaired) electrons. The molecule has 0 saturated heterocycles. The standard InChI is InChI=1S/C22H35ClN2O3/c1-8-9-18(24-25-20(27)28-21(3,4)5)22(6,7)11-10-16-12-15(2)13-17(14-16)19(23)26/h12-14,18,24H,8-11H2,1-7H3,(H,25,27)/t18-/m0/s1. The predicted octanol–water partition coefficient (Wildman–Crippen LogP) is 5.53. The van der Waals surface area contributed by atoms with E-state index < -0.39 is 16.9 Å². The molecule has 0 unspecified atom stereocenters. The van der Waals surface area contributed by atoms with Crippen molar-refractivity contribution in [1.82, 2.24) is 10.9 Å². The number of nitrogens with one attached hydrogen (secondary N) is 2. The van der Waals surface area contributed by atoms with E-state index in [4.69, 9.17) is 16.3 Å². The molecule has 0 aliphatic carbocycles. The fraction of sp³-hybridized carbons (Fsp3) is 0.636. The molecule has 5 nitrogen and oxygen atoms in total. The van der Waals surface area contributed by atoms with Gasteiger partial charge in [0.05, 0.1) is 0 Å². The summed E-state index contributed by atoms with van der Waals surface area (Å²) >= 11 is 5.64. The lowest BCUT2D eigenvalue weighted by atomic mass is 9.77. The van der Waals surface area contributed by atoms with Crippen molar-refractivity contribution in [1.29, 1.82) is 0 Å². The second-order valence-electron chi connectivity index (χ2n) is 9.08. The van der Waals surface area contributed by atoms with Gasteiger partial charge in [-0.25, -0.2) is 10.2 Å². The predicted molar refractivity (Wildman–Crippen MR) is 115 cm³/mol. The van der Waals surface area contributed by atoms with Gasteiger partial charge in [-0.3, -0.25) is 10.2 Å². The van der Waals surface area contributed by atoms with Crippen molar-refractivity contribution in [3.05, 3.63) is 34.9 Å². The topological polar surface area (TPSA) is 67.4 Å². The number of hydrazine groups is 1. The minimum atomic E-state index is -0.537. The summed E-state index contributed by atoms with van der Waals surface area (Å²) in [6.07, 6.45) is 3.14. The molecule has 0 saturated carbocycles. The largest absolute Gasteiger partial charge is 0.443 e. The number of rotatable bonds is 9. The molecular formula is C22H35ClN2O3. The molecule has 0 aliphatic heterocycles. The van der Waals surface area contributed by atoms with E-state index in [0.717, 1.165) is 36.8 Å². The maximum atomic E-state index is 12.0. The van der Waals surface area contributed by atoms with Crippen LogP contribution in [-0.4, -0.2) is 23.0 Å². The highest BCUT2D eigenvalue weighted by molar-refractivity contribution is 6.67. The van der Waals surface area contributed by atoms with Crippen molar-refractivity contribution >= 4 is 22.9 Å². The first kappa shape index (κ1) is 24.4. The molecule has 0 spiro atoms. The summed E-state index contributed by atoms with van der Waals surface area (Å²) < 4.78 is 5.30. The van der Waals surface area contributed by atoms with Crippen LogP contribution >= 0.6 is 11.6 Å². The highest BCUT2D eigenvalue weighted by Gasteiger charge is 2.29. The van der Waals surface area contributed by atoms with E-state index in [1.165, 1.54) is 0 Å². The number of aryl methyl sites for hydroxylation is 2. The monoisotopic (exact) mass is 410 g/mol. The van der Waals surface area contributed by atoms with Crippen LogP contribution in [0.1, 0.15) is 82.3 Å². The highest BCUT2D eigenvalue weighted by Crippen LogP contribution is 2.30. The van der Waals surface area contributed by atoms with Crippen molar-refractivity contribution in [2.45, 2.75) is 85.8 Å². The molecule has 1 amide bonds. The van der Waals surface area contributed by atoms with Crippen LogP contribution in [0.4, 0.5) is 4.79 Å². The minimum Gasteiger partial charge on any atom is -0.443 e. The zero-order valence-corrected chi connectivity index (χ0v) is 19.0. The van der Waals surface area contributed by atoms with Gasteiger partial charge in [-0.05, 0) is 81.7 Å². The molecule has 0 bridgehead atoms. The van der Waals surface area contributed by atoms with Gasteiger partial charge in [0.1, 0.15) is 5.60 Å². The number of benzene rings is 1. The quantitative estimate of drug-likeness (QED) is 0.414. The lowest BCUT2D eigenvalue weighted by Crippen LogP contribution is -2.52. The number of hydrogen-bond donors (Lipinski definition) is 2. The first-order valence-corrected chi connectivity index (χ1v) is 10.3. The fourth-order valence-electron chi connectivity index (χ4n) is 3.16. The van der Waals surface area contributed by atoms with Gasteiger partial charge in [0, 0.05) is 11.6 Å². The van der Waals surface area contributed by atoms with Crippen molar-refractivity contribution < 1.29 is 14.3 Å². The van der Waals surface area contributed by atoms with E-state index in [2.05, 4.69) is 37.7 Å². The lowest BCUT2D eigenvalue weighted by Gasteiger charge is -2.35. The maximum absolute atomic E-state index is 12.0. The van der Waals surface area contributed by atoms with Crippen molar-refractivity contribution in [3.63, 3.8) is 0 Å². The second kappa shape index (κ2) is 10.3. The highest BCUT2D eigenvalue weighted by atomic mass is 35.5. The first-order valence-electron chi connectivity index (χ1n) is 9.89. The summed E-state index contributed by atoms with van der Waals surface area (Å²) in [4.78, 5) is 23.5. The zero-order chi connectivity index (χ0) is 21.5. The summed E-state index contributed by atoms with van der Waals surface area (Å²) in [7, 11) is 0. The Labute approximate surface area is 174 Å². The number of amides is 1. The van der Waals surface area contributed by atoms with Gasteiger partial charge in [0.25, 0.3) is 5.24 Å². The van der Waals surface area contributed by atoms with Gasteiger partial charge in [-0.15, -0.1) is 0 Å². The van der Waals surface area contributed by atoms with Gasteiger partial charge in [-0.1, -0.05) is 38.8 Å². The molecule has 158 valence electrons. The Kier molecular flexibility index (Phi) is 8.96. The van der Waals surface area contributed by atoms with Crippen molar-refractivity contribution in [2.75, 3.05) is 0 Å². The van der Waals surface area contributed by atoms with Crippen LogP contribution in [0, 0.1) is 12.3 Å². The molecule has 1 aromatic rings. The Morgan fingerprint density at radius 3 is 2.32 bits per heavy atom. The van der Waals surface area contributed by atoms with E-state index >= 15 is 0 Å². The molecule has 0 fully saturated rings. The first-order chi connectivity index (χ1) is 12.8. The van der Waals surface area contributed by atoms with Crippen molar-refractivity contribution in [3.8, 4) is 0 Å². The number of hydrogen-bond acceptors (Lipinski definition) is 4. The second-order valence-corrected chi connectivity index (χ2v) is 9.43. The zero-order valence-electron chi connectivity index (χ0n) is 18.2. The third-order valence-corrected chi connectivity index (χ3v) is 4.91. The van der Waals surface area contributed by atoms with Crippen LogP contribution in [0.5, 0.6) is 0 Å². The smallest absolute Gasteiger partial charge is 0.422 e. The average Bonchev–Trinajstić information content (AvgIpc) is 2.54. The molecular weight excluding hydrogens is 376 g/mol. The molecule has 1 atom stereocenters. The summed E-state index contributed by atoms with van der Waals surface area (Å²) in [5.74, 6) is 0. The van der Waals surface area contributed by atoms with E-state index in [0.29, 0.717) is 5.56 Å². The van der Waals surface area contributed by atoms with E-state index in [9.17, 15) is 9.59 Å². The fourth-order valence-corrected chi connectivity index (χ4v) is 3.27. The molecule has 6 heteroatoms. The average molecular weight is 411 g/mol. The summed E-state index contributed by atoms with van der Waals surface area (Å²) in [5.41, 5.74) is 7.87. The molecule has 2 N–H and O–H groups in total. The Balaban J connectivity index is 2.77. The van der Waals surface area contributed by atoms with Crippen LogP contribution in [-0.2, 0) is 11.2 Å². The van der Waals surface area contributed by atoms with E-state index in [-0.39, 0.29) is 11.5 Å². The van der Waals surface area contributed by atoms with Crippen LogP contribution in [0.3, 0.4) is 0 Å². The summed E-state index contributed by atoms with van der Waals surface area (Å²) in [5, 5.41) is -0.434. The number of carbonyl (C=O) groups is 2. The minimum absolute atomic E-state index is 0.0834. The Morgan fingerprint density at radius 1 is 1.14 bits per heavy atom. The maximum Gasteiger partial charge on any atom is 0.422 e. The van der Waals surface area contributed by atoms with Gasteiger partial charge in [0.15, 0.2) is 0 Å². The van der Waals surface area contributed by atoms with Crippen LogP contribution in [0.25, 0.3) is 0 Å². The molecule has 28 heavy (non-hydrogen) atoms. The molecule has 0 heterocycles. The van der Waals surface area contributed by atoms with Gasteiger partial charge < -0.3 is 4.74 Å². The SMILES string of the molecule is CCC[C@H](NNC(=O)OC(C)(C)C)C(C)(C)CCc1cc(C)cc(C(=O)Cl)c1. The number of carbonyl (C=O) groups excluding carboxylic acids is 2. The third-order valence-electron chi connectivity index (χ3n) is 4.69. The van der Waals surface area contributed by atoms with Gasteiger partial charge in [-0.2, -0.15) is 0 Å². The Bertz CT molecular complexity index is 681. The van der Waals surface area contributed by atoms with Crippen LogP contribution < -0.4 is 10.9 Å². The normalized spacial score (nSPS) is 13.1. The van der Waals surface area contributed by atoms with Crippen LogP contribution in [0.2, 0.25) is 0 Å². The van der Waals surface area contributed by atoms with E-state index in [1.54, 1.807) is 6.07 Å². The molecule has 1 rings (SSSR count). The summed E-state index contributed by atoms with van der Waals surface area (Å²) in [6, 6.07) is 5.83. The van der Waals surface area contributed by atoms with Gasteiger partial charge >= 0.3 is 6.09 Å². The Morgan fingerprint density at radius 2 is 1.79 bits per heavy atom. The van der Waals surface area contributed by atoms with Crippen LogP contribution in [0.15, 0.2) is 18.2 Å². The third kappa shape index (κ3) is 8.61. The van der Waals surface area contributed by atoms with E-state index in [1.807, 2.05) is 33.8 Å². The number of ether oxygens (including phenoxy) is 1. The molecule has 0 aliphatic rings. The summed E-state index contributed by atoms with van der Waals surface area (Å²) in [6.45, 7) is 14.0.